The van der Waals surface area contributed by atoms with E-state index in [1.165, 1.54) is 29.7 Å². The first kappa shape index (κ1) is 17.6. The Hall–Kier alpha value is -2.47. The summed E-state index contributed by atoms with van der Waals surface area (Å²) in [6.45, 7) is 3.75. The molecule has 1 saturated heterocycles. The van der Waals surface area contributed by atoms with Crippen molar-refractivity contribution in [3.8, 4) is 0 Å². The summed E-state index contributed by atoms with van der Waals surface area (Å²) in [6.07, 6.45) is 6.14. The molecule has 1 aliphatic carbocycles. The molecule has 2 aliphatic rings. The van der Waals surface area contributed by atoms with Gasteiger partial charge in [-0.05, 0) is 49.7 Å². The number of nitrogens with zero attached hydrogens (tertiary/aromatic N) is 3. The number of carbonyl (C=O) groups is 1. The van der Waals surface area contributed by atoms with E-state index < -0.39 is 0 Å². The summed E-state index contributed by atoms with van der Waals surface area (Å²) in [4.78, 5) is 25.9. The third kappa shape index (κ3) is 3.05. The van der Waals surface area contributed by atoms with Crippen molar-refractivity contribution in [2.24, 2.45) is 5.92 Å². The molecule has 3 heterocycles. The molecular weight excluding hydrogens is 368 g/mol. The van der Waals surface area contributed by atoms with E-state index in [1.807, 2.05) is 13.0 Å². The van der Waals surface area contributed by atoms with Crippen molar-refractivity contribution in [2.75, 3.05) is 18.4 Å². The third-order valence-corrected chi connectivity index (χ3v) is 7.33. The molecule has 2 bridgehead atoms. The zero-order valence-corrected chi connectivity index (χ0v) is 16.8. The summed E-state index contributed by atoms with van der Waals surface area (Å²) < 4.78 is 0. The van der Waals surface area contributed by atoms with Crippen molar-refractivity contribution in [1.29, 1.82) is 0 Å². The van der Waals surface area contributed by atoms with Crippen molar-refractivity contribution in [3.63, 3.8) is 0 Å². The second kappa shape index (κ2) is 7.17. The molecule has 2 atom stereocenters. The zero-order chi connectivity index (χ0) is 19.1. The van der Waals surface area contributed by atoms with E-state index in [1.54, 1.807) is 6.33 Å². The highest BCUT2D eigenvalue weighted by molar-refractivity contribution is 7.20. The number of aromatic nitrogens is 2. The second-order valence-electron chi connectivity index (χ2n) is 7.91. The minimum absolute atomic E-state index is 0.183. The topological polar surface area (TPSA) is 58.1 Å². The fourth-order valence-electron chi connectivity index (χ4n) is 4.68. The van der Waals surface area contributed by atoms with E-state index in [2.05, 4.69) is 44.5 Å². The maximum Gasteiger partial charge on any atom is 0.264 e. The number of hydrogen-bond acceptors (Lipinski definition) is 5. The zero-order valence-electron chi connectivity index (χ0n) is 16.0. The fourth-order valence-corrected chi connectivity index (χ4v) is 5.79. The predicted octanol–water partition coefficient (Wildman–Crippen LogP) is 4.28. The molecule has 2 aromatic heterocycles. The quantitative estimate of drug-likeness (QED) is 0.704. The van der Waals surface area contributed by atoms with Gasteiger partial charge in [0.2, 0.25) is 0 Å². The number of hydrogen-bond donors (Lipinski definition) is 1. The fraction of sp³-hybridized carbons (Fsp3) is 0.409. The SMILES string of the molecule is Cc1c(C(=O)N2C[C@@H]3CC[C@@H]2C3)sc2ncnc(NCCc3ccccc3)c12. The molecule has 1 saturated carbocycles. The van der Waals surface area contributed by atoms with Gasteiger partial charge in [0.25, 0.3) is 5.91 Å². The highest BCUT2D eigenvalue weighted by Crippen LogP contribution is 2.40. The van der Waals surface area contributed by atoms with Crippen LogP contribution in [0.5, 0.6) is 0 Å². The number of anilines is 1. The molecular formula is C22H24N4OS. The summed E-state index contributed by atoms with van der Waals surface area (Å²) in [5.74, 6) is 1.72. The normalized spacial score (nSPS) is 20.8. The van der Waals surface area contributed by atoms with Crippen LogP contribution >= 0.6 is 11.3 Å². The Morgan fingerprint density at radius 3 is 2.86 bits per heavy atom. The Bertz CT molecular complexity index is 1020. The molecule has 28 heavy (non-hydrogen) atoms. The van der Waals surface area contributed by atoms with Gasteiger partial charge in [-0.15, -0.1) is 11.3 Å². The summed E-state index contributed by atoms with van der Waals surface area (Å²) in [7, 11) is 0. The Labute approximate surface area is 168 Å². The molecule has 0 radical (unpaired) electrons. The first-order chi connectivity index (χ1) is 13.7. The van der Waals surface area contributed by atoms with Gasteiger partial charge in [0.05, 0.1) is 10.3 Å². The molecule has 3 aromatic rings. The molecule has 144 valence electrons. The number of rotatable bonds is 5. The van der Waals surface area contributed by atoms with E-state index in [-0.39, 0.29) is 5.91 Å². The standard InChI is InChI=1S/C22H24N4OS/c1-14-18-20(23-10-9-15-5-3-2-4-6-15)24-13-25-21(18)28-19(14)22(27)26-12-16-7-8-17(26)11-16/h2-6,13,16-17H,7-12H2,1H3,(H,23,24,25)/t16-,17-/m1/s1. The molecule has 1 aromatic carbocycles. The van der Waals surface area contributed by atoms with Crippen LogP contribution in [0.4, 0.5) is 5.82 Å². The summed E-state index contributed by atoms with van der Waals surface area (Å²) in [5.41, 5.74) is 2.30. The van der Waals surface area contributed by atoms with Gasteiger partial charge >= 0.3 is 0 Å². The van der Waals surface area contributed by atoms with Crippen LogP contribution in [-0.4, -0.2) is 39.9 Å². The lowest BCUT2D eigenvalue weighted by atomic mass is 10.1. The number of fused-ring (bicyclic) bond motifs is 3. The minimum atomic E-state index is 0.183. The Morgan fingerprint density at radius 2 is 2.11 bits per heavy atom. The van der Waals surface area contributed by atoms with Gasteiger partial charge in [0, 0.05) is 19.1 Å². The van der Waals surface area contributed by atoms with E-state index in [9.17, 15) is 4.79 Å². The lowest BCUT2D eigenvalue weighted by molar-refractivity contribution is 0.0708. The van der Waals surface area contributed by atoms with E-state index in [0.29, 0.717) is 12.0 Å². The second-order valence-corrected chi connectivity index (χ2v) is 8.91. The smallest absolute Gasteiger partial charge is 0.264 e. The molecule has 2 fully saturated rings. The lowest BCUT2D eigenvalue weighted by Crippen LogP contribution is -2.37. The van der Waals surface area contributed by atoms with Gasteiger partial charge in [-0.25, -0.2) is 9.97 Å². The van der Waals surface area contributed by atoms with E-state index in [4.69, 9.17) is 0 Å². The number of benzene rings is 1. The highest BCUT2D eigenvalue weighted by atomic mass is 32.1. The summed E-state index contributed by atoms with van der Waals surface area (Å²) >= 11 is 1.51. The molecule has 1 aliphatic heterocycles. The highest BCUT2D eigenvalue weighted by Gasteiger charge is 2.41. The van der Waals surface area contributed by atoms with Gasteiger partial charge in [0.1, 0.15) is 17.0 Å². The van der Waals surface area contributed by atoms with Crippen LogP contribution in [-0.2, 0) is 6.42 Å². The van der Waals surface area contributed by atoms with Crippen LogP contribution in [0.25, 0.3) is 10.2 Å². The molecule has 0 unspecified atom stereocenters. The van der Waals surface area contributed by atoms with Crippen molar-refractivity contribution in [3.05, 3.63) is 52.7 Å². The molecule has 6 heteroatoms. The van der Waals surface area contributed by atoms with Crippen molar-refractivity contribution in [2.45, 2.75) is 38.6 Å². The largest absolute Gasteiger partial charge is 0.369 e. The van der Waals surface area contributed by atoms with Crippen molar-refractivity contribution < 1.29 is 4.79 Å². The lowest BCUT2D eigenvalue weighted by Gasteiger charge is -2.26. The number of likely N-dealkylation sites (tertiary alicyclic amines) is 1. The molecule has 1 amide bonds. The van der Waals surface area contributed by atoms with Gasteiger partial charge in [0.15, 0.2) is 0 Å². The minimum Gasteiger partial charge on any atom is -0.369 e. The van der Waals surface area contributed by atoms with Gasteiger partial charge < -0.3 is 10.2 Å². The van der Waals surface area contributed by atoms with Gasteiger partial charge in [-0.1, -0.05) is 30.3 Å². The van der Waals surface area contributed by atoms with Crippen LogP contribution in [0.1, 0.15) is 40.1 Å². The molecule has 5 nitrogen and oxygen atoms in total. The summed E-state index contributed by atoms with van der Waals surface area (Å²) in [5, 5.41) is 4.45. The number of amides is 1. The summed E-state index contributed by atoms with van der Waals surface area (Å²) in [6, 6.07) is 10.9. The first-order valence-electron chi connectivity index (χ1n) is 10.0. The average Bonchev–Trinajstić information content (AvgIpc) is 3.43. The molecule has 5 rings (SSSR count). The predicted molar refractivity (Wildman–Crippen MR) is 113 cm³/mol. The first-order valence-corrected chi connectivity index (χ1v) is 10.8. The van der Waals surface area contributed by atoms with Gasteiger partial charge in [-0.2, -0.15) is 0 Å². The Morgan fingerprint density at radius 1 is 1.25 bits per heavy atom. The van der Waals surface area contributed by atoms with Crippen LogP contribution in [0.2, 0.25) is 0 Å². The Balaban J connectivity index is 1.38. The number of thiophene rings is 1. The maximum atomic E-state index is 13.2. The average molecular weight is 393 g/mol. The third-order valence-electron chi connectivity index (χ3n) is 6.14. The van der Waals surface area contributed by atoms with Crippen LogP contribution in [0.15, 0.2) is 36.7 Å². The maximum absolute atomic E-state index is 13.2. The van der Waals surface area contributed by atoms with E-state index in [0.717, 1.165) is 52.4 Å². The monoisotopic (exact) mass is 392 g/mol. The van der Waals surface area contributed by atoms with Crippen LogP contribution < -0.4 is 5.32 Å². The number of carbonyl (C=O) groups excluding carboxylic acids is 1. The van der Waals surface area contributed by atoms with Gasteiger partial charge in [-0.3, -0.25) is 4.79 Å². The van der Waals surface area contributed by atoms with Crippen LogP contribution in [0.3, 0.4) is 0 Å². The molecule has 0 spiro atoms. The van der Waals surface area contributed by atoms with Crippen molar-refractivity contribution in [1.82, 2.24) is 14.9 Å². The molecule has 1 N–H and O–H groups in total. The van der Waals surface area contributed by atoms with Crippen molar-refractivity contribution >= 4 is 33.3 Å². The number of aryl methyl sites for hydroxylation is 1. The van der Waals surface area contributed by atoms with E-state index >= 15 is 0 Å². The number of piperidine rings is 1. The Kier molecular flexibility index (Phi) is 4.51. The van der Waals surface area contributed by atoms with Crippen LogP contribution in [0, 0.1) is 12.8 Å². The number of nitrogens with one attached hydrogen (secondary N) is 1.